The van der Waals surface area contributed by atoms with Crippen molar-refractivity contribution in [3.63, 3.8) is 0 Å². The lowest BCUT2D eigenvalue weighted by Gasteiger charge is -2.24. The molecule has 2 N–H and O–H groups in total. The molecule has 7 heteroatoms. The van der Waals surface area contributed by atoms with Gasteiger partial charge in [-0.1, -0.05) is 18.2 Å². The molecule has 1 aliphatic rings. The topological polar surface area (TPSA) is 70.5 Å². The molecule has 2 heterocycles. The van der Waals surface area contributed by atoms with Crippen LogP contribution < -0.4 is 10.2 Å². The molecule has 1 aromatic carbocycles. The molecule has 1 fully saturated rings. The van der Waals surface area contributed by atoms with Gasteiger partial charge in [0, 0.05) is 43.8 Å². The summed E-state index contributed by atoms with van der Waals surface area (Å²) in [6.45, 7) is 4.89. The van der Waals surface area contributed by atoms with Crippen molar-refractivity contribution >= 4 is 11.8 Å². The van der Waals surface area contributed by atoms with Gasteiger partial charge >= 0.3 is 0 Å². The fourth-order valence-corrected chi connectivity index (χ4v) is 3.03. The van der Waals surface area contributed by atoms with E-state index in [0.717, 1.165) is 24.5 Å². The third-order valence-corrected chi connectivity index (χ3v) is 4.50. The number of rotatable bonds is 8. The standard InChI is InChI=1S/C19H25FN4O2/c1-2-24(12-14-5-3-4-6-16(14)20)18-11-17(15-7-10-26-13-15)22-19(23-18)21-8-9-25/h3-6,11,15,25H,2,7-10,12-13H2,1H3,(H,21,22,23)/t15-/m1/s1. The number of aliphatic hydroxyl groups is 1. The number of hydrogen-bond donors (Lipinski definition) is 2. The first-order valence-corrected chi connectivity index (χ1v) is 9.01. The van der Waals surface area contributed by atoms with Crippen LogP contribution in [-0.2, 0) is 11.3 Å². The number of aromatic nitrogens is 2. The van der Waals surface area contributed by atoms with Crippen LogP contribution in [0.4, 0.5) is 16.2 Å². The smallest absolute Gasteiger partial charge is 0.224 e. The average molecular weight is 360 g/mol. The highest BCUT2D eigenvalue weighted by atomic mass is 19.1. The van der Waals surface area contributed by atoms with Crippen LogP contribution in [-0.4, -0.2) is 48.0 Å². The Morgan fingerprint density at radius 3 is 2.88 bits per heavy atom. The molecule has 1 aliphatic heterocycles. The summed E-state index contributed by atoms with van der Waals surface area (Å²) >= 11 is 0. The second-order valence-corrected chi connectivity index (χ2v) is 6.29. The summed E-state index contributed by atoms with van der Waals surface area (Å²) in [7, 11) is 0. The van der Waals surface area contributed by atoms with Gasteiger partial charge in [0.25, 0.3) is 0 Å². The maximum absolute atomic E-state index is 14.1. The Labute approximate surface area is 153 Å². The van der Waals surface area contributed by atoms with Gasteiger partial charge in [-0.3, -0.25) is 0 Å². The van der Waals surface area contributed by atoms with Crippen LogP contribution in [0.1, 0.15) is 30.5 Å². The molecule has 26 heavy (non-hydrogen) atoms. The molecule has 0 spiro atoms. The maximum Gasteiger partial charge on any atom is 0.224 e. The molecule has 1 saturated heterocycles. The van der Waals surface area contributed by atoms with Gasteiger partial charge in [0.05, 0.1) is 18.9 Å². The number of ether oxygens (including phenoxy) is 1. The van der Waals surface area contributed by atoms with E-state index < -0.39 is 0 Å². The van der Waals surface area contributed by atoms with Gasteiger partial charge in [-0.15, -0.1) is 0 Å². The normalized spacial score (nSPS) is 16.7. The lowest BCUT2D eigenvalue weighted by Crippen LogP contribution is -2.25. The summed E-state index contributed by atoms with van der Waals surface area (Å²) in [5.74, 6) is 1.24. The summed E-state index contributed by atoms with van der Waals surface area (Å²) in [5.41, 5.74) is 1.54. The predicted molar refractivity (Wildman–Crippen MR) is 98.9 cm³/mol. The third kappa shape index (κ3) is 4.47. The Balaban J connectivity index is 1.89. The van der Waals surface area contributed by atoms with Gasteiger partial charge in [0.1, 0.15) is 11.6 Å². The van der Waals surface area contributed by atoms with E-state index in [-0.39, 0.29) is 18.3 Å². The zero-order chi connectivity index (χ0) is 18.4. The van der Waals surface area contributed by atoms with Crippen molar-refractivity contribution in [3.05, 3.63) is 47.4 Å². The molecule has 0 bridgehead atoms. The van der Waals surface area contributed by atoms with Crippen molar-refractivity contribution in [1.82, 2.24) is 9.97 Å². The Bertz CT molecular complexity index is 722. The lowest BCUT2D eigenvalue weighted by molar-refractivity contribution is 0.193. The summed E-state index contributed by atoms with van der Waals surface area (Å²) in [6, 6.07) is 8.75. The third-order valence-electron chi connectivity index (χ3n) is 4.50. The van der Waals surface area contributed by atoms with Crippen molar-refractivity contribution in [1.29, 1.82) is 0 Å². The van der Waals surface area contributed by atoms with E-state index in [4.69, 9.17) is 9.84 Å². The quantitative estimate of drug-likeness (QED) is 0.754. The van der Waals surface area contributed by atoms with Crippen LogP contribution in [0.2, 0.25) is 0 Å². The van der Waals surface area contributed by atoms with Crippen molar-refractivity contribution in [2.24, 2.45) is 0 Å². The first-order chi connectivity index (χ1) is 12.7. The molecular weight excluding hydrogens is 335 g/mol. The predicted octanol–water partition coefficient (Wildman–Crippen LogP) is 2.55. The summed E-state index contributed by atoms with van der Waals surface area (Å²) in [4.78, 5) is 11.2. The van der Waals surface area contributed by atoms with E-state index in [1.54, 1.807) is 12.1 Å². The molecule has 0 unspecified atom stereocenters. The summed E-state index contributed by atoms with van der Waals surface area (Å²) < 4.78 is 19.5. The van der Waals surface area contributed by atoms with Gasteiger partial charge in [0.15, 0.2) is 0 Å². The number of nitrogens with zero attached hydrogens (tertiary/aromatic N) is 3. The van der Waals surface area contributed by atoms with Gasteiger partial charge in [-0.25, -0.2) is 9.37 Å². The summed E-state index contributed by atoms with van der Waals surface area (Å²) in [6.07, 6.45) is 0.926. The van der Waals surface area contributed by atoms with Gasteiger partial charge in [-0.2, -0.15) is 4.98 Å². The van der Waals surface area contributed by atoms with Crippen LogP contribution in [0, 0.1) is 5.82 Å². The highest BCUT2D eigenvalue weighted by Crippen LogP contribution is 2.28. The van der Waals surface area contributed by atoms with E-state index in [2.05, 4.69) is 15.3 Å². The molecule has 0 aliphatic carbocycles. The molecule has 0 saturated carbocycles. The number of halogens is 1. The highest BCUT2D eigenvalue weighted by molar-refractivity contribution is 5.46. The van der Waals surface area contributed by atoms with Crippen LogP contribution in [0.5, 0.6) is 0 Å². The Morgan fingerprint density at radius 2 is 2.19 bits per heavy atom. The number of anilines is 2. The number of aliphatic hydroxyl groups excluding tert-OH is 1. The van der Waals surface area contributed by atoms with Crippen LogP contribution >= 0.6 is 0 Å². The summed E-state index contributed by atoms with van der Waals surface area (Å²) in [5, 5.41) is 12.1. The van der Waals surface area contributed by atoms with E-state index in [1.165, 1.54) is 6.07 Å². The first-order valence-electron chi connectivity index (χ1n) is 9.01. The minimum absolute atomic E-state index is 0.00216. The van der Waals surface area contributed by atoms with E-state index >= 15 is 0 Å². The molecular formula is C19H25FN4O2. The molecule has 1 aromatic heterocycles. The average Bonchev–Trinajstić information content (AvgIpc) is 3.20. The number of nitrogens with one attached hydrogen (secondary N) is 1. The molecule has 6 nitrogen and oxygen atoms in total. The Kier molecular flexibility index (Phi) is 6.35. The van der Waals surface area contributed by atoms with Gasteiger partial charge in [-0.05, 0) is 19.4 Å². The first kappa shape index (κ1) is 18.5. The van der Waals surface area contributed by atoms with Crippen LogP contribution in [0.3, 0.4) is 0 Å². The number of benzene rings is 1. The Hall–Kier alpha value is -2.25. The minimum Gasteiger partial charge on any atom is -0.395 e. The van der Waals surface area contributed by atoms with E-state index in [9.17, 15) is 4.39 Å². The van der Waals surface area contributed by atoms with Crippen molar-refractivity contribution in [3.8, 4) is 0 Å². The number of hydrogen-bond acceptors (Lipinski definition) is 6. The molecule has 140 valence electrons. The maximum atomic E-state index is 14.1. The molecule has 2 aromatic rings. The van der Waals surface area contributed by atoms with Crippen LogP contribution in [0.25, 0.3) is 0 Å². The zero-order valence-electron chi connectivity index (χ0n) is 15.0. The zero-order valence-corrected chi connectivity index (χ0v) is 15.0. The Morgan fingerprint density at radius 1 is 1.35 bits per heavy atom. The largest absolute Gasteiger partial charge is 0.395 e. The molecule has 0 amide bonds. The SMILES string of the molecule is CCN(Cc1ccccc1F)c1cc([C@@H]2CCOC2)nc(NCCO)n1. The molecule has 0 radical (unpaired) electrons. The molecule has 1 atom stereocenters. The fourth-order valence-electron chi connectivity index (χ4n) is 3.03. The van der Waals surface area contributed by atoms with Crippen LogP contribution in [0.15, 0.2) is 30.3 Å². The highest BCUT2D eigenvalue weighted by Gasteiger charge is 2.22. The van der Waals surface area contributed by atoms with Crippen molar-refractivity contribution < 1.29 is 14.2 Å². The second-order valence-electron chi connectivity index (χ2n) is 6.29. The monoisotopic (exact) mass is 360 g/mol. The molecule has 3 rings (SSSR count). The van der Waals surface area contributed by atoms with Crippen molar-refractivity contribution in [2.45, 2.75) is 25.8 Å². The van der Waals surface area contributed by atoms with Gasteiger partial charge < -0.3 is 20.1 Å². The minimum atomic E-state index is -0.219. The second kappa shape index (κ2) is 8.91. The van der Waals surface area contributed by atoms with Crippen molar-refractivity contribution in [2.75, 3.05) is 43.1 Å². The lowest BCUT2D eigenvalue weighted by atomic mass is 10.0. The fraction of sp³-hybridized carbons (Fsp3) is 0.474. The van der Waals surface area contributed by atoms with E-state index in [0.29, 0.717) is 37.8 Å². The van der Waals surface area contributed by atoms with Gasteiger partial charge in [0.2, 0.25) is 5.95 Å². The van der Waals surface area contributed by atoms with E-state index in [1.807, 2.05) is 24.0 Å².